The number of likely N-dealkylation sites (tertiary alicyclic amines) is 1. The number of carbonyl (C=O) groups is 1. The van der Waals surface area contributed by atoms with Crippen molar-refractivity contribution in [1.82, 2.24) is 4.90 Å². The molecule has 130 valence electrons. The first kappa shape index (κ1) is 18.6. The van der Waals surface area contributed by atoms with Crippen LogP contribution in [0.2, 0.25) is 10.0 Å². The first-order valence-corrected chi connectivity index (χ1v) is 8.29. The van der Waals surface area contributed by atoms with Crippen LogP contribution in [0.1, 0.15) is 24.4 Å². The molecule has 0 aliphatic carbocycles. The second-order valence-corrected chi connectivity index (χ2v) is 6.56. The van der Waals surface area contributed by atoms with Gasteiger partial charge >= 0.3 is 0 Å². The number of rotatable bonds is 4. The number of phenolic OH excluding ortho intramolecular Hbond substituents is 1. The molecule has 0 unspecified atom stereocenters. The van der Waals surface area contributed by atoms with Gasteiger partial charge in [0, 0.05) is 43.2 Å². The van der Waals surface area contributed by atoms with Gasteiger partial charge in [0.05, 0.1) is 15.6 Å². The molecule has 0 saturated carbocycles. The third-order valence-corrected chi connectivity index (χ3v) is 5.07. The Labute approximate surface area is 150 Å². The minimum atomic E-state index is -0.399. The lowest BCUT2D eigenvalue weighted by atomic mass is 9.85. The fraction of sp³-hybridized carbons (Fsp3) is 0.375. The SMILES string of the molecule is N=C/C(=C\N)C(=O)N1CCC([C@@H](N)c2cc(Cl)c(Cl)cc2O)CC1. The molecule has 1 aromatic carbocycles. The average molecular weight is 371 g/mol. The van der Waals surface area contributed by atoms with Crippen molar-refractivity contribution in [3.05, 3.63) is 39.5 Å². The molecule has 2 rings (SSSR count). The van der Waals surface area contributed by atoms with E-state index in [0.29, 0.717) is 36.5 Å². The van der Waals surface area contributed by atoms with Crippen molar-refractivity contribution in [3.63, 3.8) is 0 Å². The van der Waals surface area contributed by atoms with Crippen molar-refractivity contribution < 1.29 is 9.90 Å². The number of hydrogen-bond acceptors (Lipinski definition) is 5. The van der Waals surface area contributed by atoms with E-state index in [1.54, 1.807) is 11.0 Å². The van der Waals surface area contributed by atoms with Crippen LogP contribution in [-0.4, -0.2) is 35.2 Å². The lowest BCUT2D eigenvalue weighted by Gasteiger charge is -2.35. The monoisotopic (exact) mass is 370 g/mol. The Bertz CT molecular complexity index is 670. The normalized spacial score (nSPS) is 17.6. The smallest absolute Gasteiger partial charge is 0.256 e. The van der Waals surface area contributed by atoms with Gasteiger partial charge in [0.25, 0.3) is 5.91 Å². The van der Waals surface area contributed by atoms with Crippen molar-refractivity contribution in [3.8, 4) is 5.75 Å². The predicted molar refractivity (Wildman–Crippen MR) is 95.4 cm³/mol. The first-order chi connectivity index (χ1) is 11.4. The van der Waals surface area contributed by atoms with Crippen molar-refractivity contribution in [1.29, 1.82) is 5.41 Å². The summed E-state index contributed by atoms with van der Waals surface area (Å²) in [4.78, 5) is 13.8. The van der Waals surface area contributed by atoms with Crippen LogP contribution in [0.15, 0.2) is 23.9 Å². The highest BCUT2D eigenvalue weighted by molar-refractivity contribution is 6.42. The molecule has 1 aromatic rings. The molecule has 24 heavy (non-hydrogen) atoms. The summed E-state index contributed by atoms with van der Waals surface area (Å²) >= 11 is 11.9. The van der Waals surface area contributed by atoms with Crippen LogP contribution in [0.5, 0.6) is 5.75 Å². The van der Waals surface area contributed by atoms with E-state index < -0.39 is 6.04 Å². The van der Waals surface area contributed by atoms with Gasteiger partial charge in [-0.1, -0.05) is 23.2 Å². The maximum atomic E-state index is 12.2. The number of amides is 1. The van der Waals surface area contributed by atoms with Crippen LogP contribution >= 0.6 is 23.2 Å². The highest BCUT2D eigenvalue weighted by atomic mass is 35.5. The van der Waals surface area contributed by atoms with Gasteiger partial charge < -0.3 is 26.9 Å². The molecule has 0 aromatic heterocycles. The minimum Gasteiger partial charge on any atom is -0.508 e. The molecule has 1 saturated heterocycles. The number of benzene rings is 1. The summed E-state index contributed by atoms with van der Waals surface area (Å²) < 4.78 is 0. The maximum absolute atomic E-state index is 12.2. The Morgan fingerprint density at radius 3 is 2.46 bits per heavy atom. The minimum absolute atomic E-state index is 0.0209. The van der Waals surface area contributed by atoms with Crippen LogP contribution in [0.25, 0.3) is 0 Å². The van der Waals surface area contributed by atoms with Gasteiger partial charge in [0.2, 0.25) is 0 Å². The molecule has 0 bridgehead atoms. The van der Waals surface area contributed by atoms with Crippen molar-refractivity contribution in [2.24, 2.45) is 17.4 Å². The molecule has 0 spiro atoms. The van der Waals surface area contributed by atoms with Gasteiger partial charge in [-0.15, -0.1) is 0 Å². The Hall–Kier alpha value is -1.76. The first-order valence-electron chi connectivity index (χ1n) is 7.54. The largest absolute Gasteiger partial charge is 0.508 e. The summed E-state index contributed by atoms with van der Waals surface area (Å²) in [7, 11) is 0. The number of halogens is 2. The van der Waals surface area contributed by atoms with E-state index in [1.807, 2.05) is 0 Å². The molecule has 6 nitrogen and oxygen atoms in total. The van der Waals surface area contributed by atoms with Crippen LogP contribution in [0.4, 0.5) is 0 Å². The van der Waals surface area contributed by atoms with E-state index in [0.717, 1.165) is 12.4 Å². The van der Waals surface area contributed by atoms with E-state index in [1.165, 1.54) is 6.07 Å². The second kappa shape index (κ2) is 7.88. The summed E-state index contributed by atoms with van der Waals surface area (Å²) in [6, 6.07) is 2.58. The highest BCUT2D eigenvalue weighted by Gasteiger charge is 2.29. The summed E-state index contributed by atoms with van der Waals surface area (Å²) in [5, 5.41) is 17.9. The van der Waals surface area contributed by atoms with Gasteiger partial charge in [-0.05, 0) is 24.8 Å². The third kappa shape index (κ3) is 3.83. The van der Waals surface area contributed by atoms with E-state index >= 15 is 0 Å². The summed E-state index contributed by atoms with van der Waals surface area (Å²) in [5.74, 6) is -0.132. The molecular weight excluding hydrogens is 351 g/mol. The predicted octanol–water partition coefficient (Wildman–Crippen LogP) is 2.43. The van der Waals surface area contributed by atoms with Gasteiger partial charge in [0.1, 0.15) is 5.75 Å². The van der Waals surface area contributed by atoms with Gasteiger partial charge in [-0.25, -0.2) is 0 Å². The Kier molecular flexibility index (Phi) is 6.10. The van der Waals surface area contributed by atoms with Gasteiger partial charge in [-0.3, -0.25) is 4.79 Å². The number of nitrogens with two attached hydrogens (primary N) is 2. The van der Waals surface area contributed by atoms with Crippen LogP contribution in [-0.2, 0) is 4.79 Å². The Balaban J connectivity index is 2.06. The molecule has 1 fully saturated rings. The fourth-order valence-electron chi connectivity index (χ4n) is 2.90. The van der Waals surface area contributed by atoms with Crippen LogP contribution in [0, 0.1) is 11.3 Å². The molecule has 1 aliphatic rings. The number of aromatic hydroxyl groups is 1. The number of hydrogen-bond donors (Lipinski definition) is 4. The van der Waals surface area contributed by atoms with E-state index in [4.69, 9.17) is 40.1 Å². The molecule has 1 heterocycles. The van der Waals surface area contributed by atoms with E-state index in [9.17, 15) is 9.90 Å². The van der Waals surface area contributed by atoms with E-state index in [2.05, 4.69) is 0 Å². The lowest BCUT2D eigenvalue weighted by molar-refractivity contribution is -0.128. The number of carbonyl (C=O) groups excluding carboxylic acids is 1. The number of piperidine rings is 1. The van der Waals surface area contributed by atoms with Crippen LogP contribution < -0.4 is 11.5 Å². The lowest BCUT2D eigenvalue weighted by Crippen LogP contribution is -2.41. The summed E-state index contributed by atoms with van der Waals surface area (Å²) in [6.07, 6.45) is 3.46. The van der Waals surface area contributed by atoms with Crippen molar-refractivity contribution in [2.75, 3.05) is 13.1 Å². The molecular formula is C16H20Cl2N4O2. The fourth-order valence-corrected chi connectivity index (χ4v) is 3.23. The molecule has 8 heteroatoms. The standard InChI is InChI=1S/C16H20Cl2N4O2/c17-12-5-11(14(23)6-13(12)18)15(21)9-1-3-22(4-2-9)16(24)10(7-19)8-20/h5-9,15,19,23H,1-4,20-21H2/b10-8+,19-7?/t15-/m1/s1. The number of nitrogens with one attached hydrogen (secondary N) is 1. The Morgan fingerprint density at radius 1 is 1.33 bits per heavy atom. The quantitative estimate of drug-likeness (QED) is 0.480. The zero-order valence-electron chi connectivity index (χ0n) is 13.0. The molecule has 1 amide bonds. The van der Waals surface area contributed by atoms with E-state index in [-0.39, 0.29) is 28.2 Å². The molecule has 6 N–H and O–H groups in total. The topological polar surface area (TPSA) is 116 Å². The second-order valence-electron chi connectivity index (χ2n) is 5.75. The number of nitrogens with zero attached hydrogens (tertiary/aromatic N) is 1. The third-order valence-electron chi connectivity index (χ3n) is 4.35. The van der Waals surface area contributed by atoms with Gasteiger partial charge in [0.15, 0.2) is 0 Å². The molecule has 1 aliphatic heterocycles. The zero-order valence-corrected chi connectivity index (χ0v) is 14.5. The maximum Gasteiger partial charge on any atom is 0.256 e. The zero-order chi connectivity index (χ0) is 17.9. The molecule has 0 radical (unpaired) electrons. The summed E-state index contributed by atoms with van der Waals surface area (Å²) in [6.45, 7) is 1.04. The Morgan fingerprint density at radius 2 is 1.92 bits per heavy atom. The van der Waals surface area contributed by atoms with Crippen LogP contribution in [0.3, 0.4) is 0 Å². The average Bonchev–Trinajstić information content (AvgIpc) is 2.58. The van der Waals surface area contributed by atoms with Crippen molar-refractivity contribution >= 4 is 35.3 Å². The molecule has 1 atom stereocenters. The summed E-state index contributed by atoms with van der Waals surface area (Å²) in [5.41, 5.74) is 12.4. The number of phenols is 1. The van der Waals surface area contributed by atoms with Gasteiger partial charge in [-0.2, -0.15) is 0 Å². The highest BCUT2D eigenvalue weighted by Crippen LogP contribution is 2.37. The van der Waals surface area contributed by atoms with Crippen molar-refractivity contribution in [2.45, 2.75) is 18.9 Å².